The van der Waals surface area contributed by atoms with Crippen LogP contribution >= 0.6 is 0 Å². The van der Waals surface area contributed by atoms with Crippen LogP contribution in [-0.2, 0) is 6.42 Å². The largest absolute Gasteiger partial charge is 0.496 e. The van der Waals surface area contributed by atoms with Gasteiger partial charge in [-0.3, -0.25) is 0 Å². The van der Waals surface area contributed by atoms with Gasteiger partial charge in [0.1, 0.15) is 17.4 Å². The molecule has 0 saturated heterocycles. The number of likely N-dealkylation sites (N-methyl/N-ethyl adjacent to an activating group) is 1. The van der Waals surface area contributed by atoms with E-state index >= 15 is 0 Å². The van der Waals surface area contributed by atoms with Crippen LogP contribution in [0.1, 0.15) is 22.7 Å². The van der Waals surface area contributed by atoms with Crippen molar-refractivity contribution in [2.75, 3.05) is 14.2 Å². The van der Waals surface area contributed by atoms with Crippen LogP contribution in [0.3, 0.4) is 0 Å². The summed E-state index contributed by atoms with van der Waals surface area (Å²) in [5.74, 6) is -0.000382. The molecule has 0 radical (unpaired) electrons. The Morgan fingerprint density at radius 1 is 1.14 bits per heavy atom. The molecule has 1 N–H and O–H groups in total. The van der Waals surface area contributed by atoms with Crippen molar-refractivity contribution in [2.24, 2.45) is 0 Å². The summed E-state index contributed by atoms with van der Waals surface area (Å²) in [7, 11) is 3.43. The van der Waals surface area contributed by atoms with E-state index in [-0.39, 0.29) is 11.9 Å². The summed E-state index contributed by atoms with van der Waals surface area (Å²) in [4.78, 5) is 0. The van der Waals surface area contributed by atoms with Crippen LogP contribution in [-0.4, -0.2) is 14.2 Å². The van der Waals surface area contributed by atoms with Crippen LogP contribution in [0.25, 0.3) is 0 Å². The van der Waals surface area contributed by atoms with Gasteiger partial charge in [0.25, 0.3) is 0 Å². The summed E-state index contributed by atoms with van der Waals surface area (Å²) < 4.78 is 32.3. The van der Waals surface area contributed by atoms with Crippen LogP contribution in [0.2, 0.25) is 0 Å². The molecule has 0 heterocycles. The zero-order valence-corrected chi connectivity index (χ0v) is 12.4. The van der Waals surface area contributed by atoms with Gasteiger partial charge in [-0.1, -0.05) is 12.1 Å². The lowest BCUT2D eigenvalue weighted by Gasteiger charge is -2.18. The van der Waals surface area contributed by atoms with E-state index in [4.69, 9.17) is 4.74 Å². The first-order valence-corrected chi connectivity index (χ1v) is 6.81. The number of rotatable bonds is 5. The Morgan fingerprint density at radius 2 is 1.90 bits per heavy atom. The maximum Gasteiger partial charge on any atom is 0.126 e. The Bertz CT molecular complexity index is 628. The Morgan fingerprint density at radius 3 is 2.52 bits per heavy atom. The lowest BCUT2D eigenvalue weighted by molar-refractivity contribution is 0.411. The molecule has 112 valence electrons. The fourth-order valence-corrected chi connectivity index (χ4v) is 2.42. The average Bonchev–Trinajstić information content (AvgIpc) is 2.48. The van der Waals surface area contributed by atoms with E-state index < -0.39 is 5.82 Å². The third-order valence-electron chi connectivity index (χ3n) is 3.60. The highest BCUT2D eigenvalue weighted by Gasteiger charge is 2.14. The van der Waals surface area contributed by atoms with Gasteiger partial charge in [-0.05, 0) is 61.3 Å². The second-order valence-electron chi connectivity index (χ2n) is 5.01. The molecule has 1 atom stereocenters. The SMILES string of the molecule is CNC(Cc1cc(F)ccc1F)c1ccc(OC)c(C)c1. The Kier molecular flexibility index (Phi) is 4.91. The summed E-state index contributed by atoms with van der Waals surface area (Å²) in [6.45, 7) is 1.96. The molecule has 21 heavy (non-hydrogen) atoms. The molecule has 0 fully saturated rings. The lowest BCUT2D eigenvalue weighted by atomic mass is 9.97. The fourth-order valence-electron chi connectivity index (χ4n) is 2.42. The Hall–Kier alpha value is -1.94. The standard InChI is InChI=1S/C17H19F2NO/c1-11-8-12(4-7-17(11)21-3)16(20-2)10-13-9-14(18)5-6-15(13)19/h4-9,16,20H,10H2,1-3H3. The highest BCUT2D eigenvalue weighted by molar-refractivity contribution is 5.38. The Labute approximate surface area is 123 Å². The van der Waals surface area contributed by atoms with Gasteiger partial charge in [0.15, 0.2) is 0 Å². The van der Waals surface area contributed by atoms with E-state index in [0.29, 0.717) is 12.0 Å². The number of hydrogen-bond donors (Lipinski definition) is 1. The molecule has 0 saturated carbocycles. The molecular weight excluding hydrogens is 272 g/mol. The van der Waals surface area contributed by atoms with E-state index in [2.05, 4.69) is 5.32 Å². The van der Waals surface area contributed by atoms with Gasteiger partial charge in [-0.15, -0.1) is 0 Å². The summed E-state index contributed by atoms with van der Waals surface area (Å²) in [6.07, 6.45) is 0.381. The first-order chi connectivity index (χ1) is 10.0. The molecule has 2 aromatic rings. The van der Waals surface area contributed by atoms with E-state index in [1.807, 2.05) is 25.1 Å². The zero-order chi connectivity index (χ0) is 15.4. The summed E-state index contributed by atoms with van der Waals surface area (Å²) in [5.41, 5.74) is 2.39. The summed E-state index contributed by atoms with van der Waals surface area (Å²) in [5, 5.41) is 3.15. The molecule has 2 nitrogen and oxygen atoms in total. The quantitative estimate of drug-likeness (QED) is 0.905. The number of methoxy groups -OCH3 is 1. The van der Waals surface area contributed by atoms with Crippen molar-refractivity contribution in [1.29, 1.82) is 0 Å². The average molecular weight is 291 g/mol. The molecule has 2 aromatic carbocycles. The first-order valence-electron chi connectivity index (χ1n) is 6.81. The highest BCUT2D eigenvalue weighted by Crippen LogP contribution is 2.25. The predicted octanol–water partition coefficient (Wildman–Crippen LogP) is 3.79. The molecule has 1 unspecified atom stereocenters. The van der Waals surface area contributed by atoms with Crippen molar-refractivity contribution < 1.29 is 13.5 Å². The van der Waals surface area contributed by atoms with Crippen LogP contribution in [0.15, 0.2) is 36.4 Å². The molecule has 0 bridgehead atoms. The molecule has 0 amide bonds. The predicted molar refractivity (Wildman–Crippen MR) is 79.6 cm³/mol. The molecule has 0 aromatic heterocycles. The topological polar surface area (TPSA) is 21.3 Å². The number of benzene rings is 2. The van der Waals surface area contributed by atoms with Crippen molar-refractivity contribution in [3.63, 3.8) is 0 Å². The third-order valence-corrected chi connectivity index (χ3v) is 3.60. The van der Waals surface area contributed by atoms with Crippen molar-refractivity contribution >= 4 is 0 Å². The molecular formula is C17H19F2NO. The van der Waals surface area contributed by atoms with Gasteiger partial charge in [-0.25, -0.2) is 8.78 Å². The number of aryl methyl sites for hydroxylation is 1. The van der Waals surface area contributed by atoms with Crippen LogP contribution < -0.4 is 10.1 Å². The molecule has 0 aliphatic rings. The maximum absolute atomic E-state index is 13.8. The van der Waals surface area contributed by atoms with Crippen molar-refractivity contribution in [3.05, 3.63) is 64.7 Å². The molecule has 4 heteroatoms. The monoisotopic (exact) mass is 291 g/mol. The van der Waals surface area contributed by atoms with E-state index in [1.54, 1.807) is 14.2 Å². The molecule has 0 spiro atoms. The maximum atomic E-state index is 13.8. The van der Waals surface area contributed by atoms with Gasteiger partial charge >= 0.3 is 0 Å². The summed E-state index contributed by atoms with van der Waals surface area (Å²) >= 11 is 0. The van der Waals surface area contributed by atoms with Gasteiger partial charge in [-0.2, -0.15) is 0 Å². The van der Waals surface area contributed by atoms with Crippen molar-refractivity contribution in [2.45, 2.75) is 19.4 Å². The minimum absolute atomic E-state index is 0.0918. The molecule has 2 rings (SSSR count). The normalized spacial score (nSPS) is 12.2. The molecule has 0 aliphatic carbocycles. The van der Waals surface area contributed by atoms with Crippen molar-refractivity contribution in [3.8, 4) is 5.75 Å². The molecule has 0 aliphatic heterocycles. The van der Waals surface area contributed by atoms with E-state index in [9.17, 15) is 8.78 Å². The van der Waals surface area contributed by atoms with Crippen LogP contribution in [0.5, 0.6) is 5.75 Å². The minimum atomic E-state index is -0.424. The minimum Gasteiger partial charge on any atom is -0.496 e. The number of nitrogens with one attached hydrogen (secondary N) is 1. The Balaban J connectivity index is 2.27. The van der Waals surface area contributed by atoms with Gasteiger partial charge in [0.2, 0.25) is 0 Å². The van der Waals surface area contributed by atoms with Gasteiger partial charge in [0, 0.05) is 6.04 Å². The summed E-state index contributed by atoms with van der Waals surface area (Å²) in [6, 6.07) is 9.27. The van der Waals surface area contributed by atoms with Gasteiger partial charge in [0.05, 0.1) is 7.11 Å². The highest BCUT2D eigenvalue weighted by atomic mass is 19.1. The number of halogens is 2. The first kappa shape index (κ1) is 15.4. The second-order valence-corrected chi connectivity index (χ2v) is 5.01. The second kappa shape index (κ2) is 6.68. The van der Waals surface area contributed by atoms with Crippen LogP contribution in [0.4, 0.5) is 8.78 Å². The van der Waals surface area contributed by atoms with Gasteiger partial charge < -0.3 is 10.1 Å². The zero-order valence-electron chi connectivity index (χ0n) is 12.4. The number of ether oxygens (including phenoxy) is 1. The van der Waals surface area contributed by atoms with E-state index in [1.165, 1.54) is 6.07 Å². The number of hydrogen-bond acceptors (Lipinski definition) is 2. The third kappa shape index (κ3) is 3.58. The fraction of sp³-hybridized carbons (Fsp3) is 0.294. The lowest BCUT2D eigenvalue weighted by Crippen LogP contribution is -2.19. The van der Waals surface area contributed by atoms with E-state index in [0.717, 1.165) is 29.0 Å². The van der Waals surface area contributed by atoms with Crippen LogP contribution in [0, 0.1) is 18.6 Å². The van der Waals surface area contributed by atoms with Crippen molar-refractivity contribution in [1.82, 2.24) is 5.32 Å². The smallest absolute Gasteiger partial charge is 0.126 e.